The van der Waals surface area contributed by atoms with E-state index in [1.807, 2.05) is 0 Å². The van der Waals surface area contributed by atoms with E-state index in [1.54, 1.807) is 0 Å². The van der Waals surface area contributed by atoms with Crippen LogP contribution >= 0.6 is 0 Å². The maximum absolute atomic E-state index is 2.38. The van der Waals surface area contributed by atoms with Crippen LogP contribution in [0.3, 0.4) is 0 Å². The van der Waals surface area contributed by atoms with Gasteiger partial charge in [-0.25, -0.2) is 0 Å². The van der Waals surface area contributed by atoms with Crippen molar-refractivity contribution < 1.29 is 0 Å². The summed E-state index contributed by atoms with van der Waals surface area (Å²) in [5.74, 6) is 0. The summed E-state index contributed by atoms with van der Waals surface area (Å²) in [6.07, 6.45) is 0. The molecule has 0 amide bonds. The lowest BCUT2D eigenvalue weighted by Crippen LogP contribution is -2.03. The molecule has 0 spiro atoms. The molecule has 0 heteroatoms. The molecule has 4 aromatic carbocycles. The van der Waals surface area contributed by atoms with Gasteiger partial charge in [0.2, 0.25) is 0 Å². The number of hydrogen-bond donors (Lipinski definition) is 0. The summed E-state index contributed by atoms with van der Waals surface area (Å²) in [5, 5.41) is 8.92. The Labute approximate surface area is 151 Å². The second-order valence-electron chi connectivity index (χ2n) is 8.14. The van der Waals surface area contributed by atoms with Crippen molar-refractivity contribution in [2.45, 2.75) is 62.3 Å². The van der Waals surface area contributed by atoms with Crippen molar-refractivity contribution in [3.8, 4) is 0 Å². The molecular weight excluding hydrogens is 300 g/mol. The number of aryl methyl sites for hydroxylation is 8. The van der Waals surface area contributed by atoms with Gasteiger partial charge in [-0.15, -0.1) is 0 Å². The lowest BCUT2D eigenvalue weighted by molar-refractivity contribution is 1.28. The number of benzene rings is 4. The molecule has 0 aliphatic rings. The topological polar surface area (TPSA) is 0 Å². The maximum atomic E-state index is 2.38. The zero-order valence-electron chi connectivity index (χ0n) is 17.1. The van der Waals surface area contributed by atoms with Gasteiger partial charge in [-0.2, -0.15) is 0 Å². The molecule has 0 fully saturated rings. The molecular formula is C25H28. The predicted molar refractivity (Wildman–Crippen MR) is 113 cm³/mol. The first-order valence-corrected chi connectivity index (χ1v) is 9.33. The lowest BCUT2D eigenvalue weighted by atomic mass is 9.78. The fourth-order valence-electron chi connectivity index (χ4n) is 5.30. The van der Waals surface area contributed by atoms with Crippen molar-refractivity contribution in [2.24, 2.45) is 0 Å². The van der Waals surface area contributed by atoms with Crippen molar-refractivity contribution in [2.75, 3.05) is 0 Å². The highest BCUT2D eigenvalue weighted by Crippen LogP contribution is 2.47. The van der Waals surface area contributed by atoms with Crippen LogP contribution < -0.4 is 0 Å². The third kappa shape index (κ3) is 1.78. The van der Waals surface area contributed by atoms with Crippen LogP contribution in [0.4, 0.5) is 0 Å². The van der Waals surface area contributed by atoms with Gasteiger partial charge in [-0.1, -0.05) is 6.07 Å². The van der Waals surface area contributed by atoms with Gasteiger partial charge < -0.3 is 0 Å². The van der Waals surface area contributed by atoms with E-state index in [9.17, 15) is 0 Å². The quantitative estimate of drug-likeness (QED) is 0.296. The van der Waals surface area contributed by atoms with E-state index in [1.165, 1.54) is 82.4 Å². The van der Waals surface area contributed by atoms with Crippen LogP contribution in [0.25, 0.3) is 32.3 Å². The fourth-order valence-corrected chi connectivity index (χ4v) is 5.30. The zero-order valence-corrected chi connectivity index (χ0v) is 17.1. The second kappa shape index (κ2) is 4.97. The summed E-state index contributed by atoms with van der Waals surface area (Å²) >= 11 is 0. The molecule has 0 saturated heterocycles. The van der Waals surface area contributed by atoms with Crippen LogP contribution in [0, 0.1) is 62.3 Å². The molecule has 0 heterocycles. The maximum Gasteiger partial charge on any atom is -0.00153 e. The molecule has 0 bridgehead atoms. The first-order valence-electron chi connectivity index (χ1n) is 9.33. The molecule has 0 N–H and O–H groups in total. The van der Waals surface area contributed by atoms with E-state index in [0.29, 0.717) is 0 Å². The van der Waals surface area contributed by atoms with E-state index >= 15 is 0 Å². The third-order valence-electron chi connectivity index (χ3n) is 6.97. The highest BCUT2D eigenvalue weighted by molar-refractivity contribution is 6.28. The van der Waals surface area contributed by atoms with Crippen LogP contribution in [-0.4, -0.2) is 0 Å². The Hall–Kier alpha value is -2.08. The molecule has 0 atom stereocenters. The van der Waals surface area contributed by atoms with E-state index in [2.05, 4.69) is 68.4 Å². The lowest BCUT2D eigenvalue weighted by Gasteiger charge is -2.26. The number of hydrogen-bond acceptors (Lipinski definition) is 0. The summed E-state index contributed by atoms with van der Waals surface area (Å²) in [7, 11) is 0. The summed E-state index contributed by atoms with van der Waals surface area (Å²) in [4.78, 5) is 0. The standard InChI is InChI=1S/C25H28/c1-11-10-12(2)21-17(7)19(9)23-15(5)13(3)14(4)22-18(8)16(6)20(11)24(21)25(22)23/h10H,1-9H3. The van der Waals surface area contributed by atoms with E-state index < -0.39 is 0 Å². The van der Waals surface area contributed by atoms with Crippen LogP contribution in [0.2, 0.25) is 0 Å². The summed E-state index contributed by atoms with van der Waals surface area (Å²) < 4.78 is 0. The Morgan fingerprint density at radius 2 is 0.600 bits per heavy atom. The Morgan fingerprint density at radius 3 is 1.00 bits per heavy atom. The Balaban J connectivity index is 2.61. The van der Waals surface area contributed by atoms with Crippen LogP contribution in [-0.2, 0) is 0 Å². The molecule has 0 aromatic heterocycles. The minimum absolute atomic E-state index is 1.41. The summed E-state index contributed by atoms with van der Waals surface area (Å²) in [5.41, 5.74) is 13.0. The molecule has 4 aromatic rings. The highest BCUT2D eigenvalue weighted by Gasteiger charge is 2.23. The van der Waals surface area contributed by atoms with Crippen molar-refractivity contribution >= 4 is 32.3 Å². The minimum Gasteiger partial charge on any atom is -0.0551 e. The molecule has 128 valence electrons. The zero-order chi connectivity index (χ0) is 18.4. The van der Waals surface area contributed by atoms with Gasteiger partial charge in [0.15, 0.2) is 0 Å². The minimum atomic E-state index is 1.41. The highest BCUT2D eigenvalue weighted by atomic mass is 14.3. The van der Waals surface area contributed by atoms with Crippen molar-refractivity contribution in [3.63, 3.8) is 0 Å². The van der Waals surface area contributed by atoms with E-state index in [-0.39, 0.29) is 0 Å². The van der Waals surface area contributed by atoms with Gasteiger partial charge in [0.25, 0.3) is 0 Å². The SMILES string of the molecule is Cc1c(C)c2c(C)c(C)c3c(C)cc(C)c4c(C)c(C)c(c1C)c2c34. The van der Waals surface area contributed by atoms with Crippen LogP contribution in [0.1, 0.15) is 50.1 Å². The number of rotatable bonds is 0. The van der Waals surface area contributed by atoms with E-state index in [0.717, 1.165) is 0 Å². The fraction of sp³-hybridized carbons (Fsp3) is 0.360. The molecule has 0 nitrogen and oxygen atoms in total. The van der Waals surface area contributed by atoms with Crippen molar-refractivity contribution in [3.05, 3.63) is 56.1 Å². The molecule has 0 aliphatic carbocycles. The molecule has 25 heavy (non-hydrogen) atoms. The van der Waals surface area contributed by atoms with Gasteiger partial charge in [0.1, 0.15) is 0 Å². The third-order valence-corrected chi connectivity index (χ3v) is 6.97. The van der Waals surface area contributed by atoms with Gasteiger partial charge >= 0.3 is 0 Å². The normalized spacial score (nSPS) is 12.2. The summed E-state index contributed by atoms with van der Waals surface area (Å²) in [6.45, 7) is 20.7. The monoisotopic (exact) mass is 328 g/mol. The Bertz CT molecular complexity index is 1120. The largest absolute Gasteiger partial charge is 0.0551 e. The van der Waals surface area contributed by atoms with Crippen LogP contribution in [0.15, 0.2) is 6.07 Å². The Morgan fingerprint density at radius 1 is 0.320 bits per heavy atom. The first kappa shape index (κ1) is 16.4. The van der Waals surface area contributed by atoms with Crippen molar-refractivity contribution in [1.29, 1.82) is 0 Å². The molecule has 0 saturated carbocycles. The van der Waals surface area contributed by atoms with Crippen molar-refractivity contribution in [1.82, 2.24) is 0 Å². The smallest absolute Gasteiger partial charge is 0.00153 e. The van der Waals surface area contributed by atoms with Gasteiger partial charge in [0, 0.05) is 0 Å². The molecule has 0 radical (unpaired) electrons. The summed E-state index contributed by atoms with van der Waals surface area (Å²) in [6, 6.07) is 2.38. The molecule has 0 aliphatic heterocycles. The van der Waals surface area contributed by atoms with Crippen LogP contribution in [0.5, 0.6) is 0 Å². The van der Waals surface area contributed by atoms with Gasteiger partial charge in [-0.05, 0) is 145 Å². The van der Waals surface area contributed by atoms with E-state index in [4.69, 9.17) is 0 Å². The molecule has 4 rings (SSSR count). The van der Waals surface area contributed by atoms with Gasteiger partial charge in [-0.3, -0.25) is 0 Å². The Kier molecular flexibility index (Phi) is 3.26. The predicted octanol–water partition coefficient (Wildman–Crippen LogP) is 7.36. The second-order valence-corrected chi connectivity index (χ2v) is 8.14. The average molecular weight is 328 g/mol. The molecule has 0 unspecified atom stereocenters. The first-order chi connectivity index (χ1) is 11.7. The average Bonchev–Trinajstić information content (AvgIpc) is 2.55. The van der Waals surface area contributed by atoms with Gasteiger partial charge in [0.05, 0.1) is 0 Å².